The molecule has 8 nitrogen and oxygen atoms in total. The van der Waals surface area contributed by atoms with Crippen molar-refractivity contribution in [2.75, 3.05) is 46.4 Å². The van der Waals surface area contributed by atoms with Crippen molar-refractivity contribution in [1.29, 1.82) is 0 Å². The van der Waals surface area contributed by atoms with Crippen LogP contribution in [0.5, 0.6) is 0 Å². The lowest BCUT2D eigenvalue weighted by atomic mass is 10.2. The number of hydrogen-bond acceptors (Lipinski definition) is 6. The number of alkyl halides is 3. The first-order chi connectivity index (χ1) is 11.7. The molecule has 1 fully saturated rings. The Morgan fingerprint density at radius 1 is 1.40 bits per heavy atom. The zero-order chi connectivity index (χ0) is 18.5. The van der Waals surface area contributed by atoms with Crippen molar-refractivity contribution in [2.24, 2.45) is 0 Å². The van der Waals surface area contributed by atoms with E-state index in [-0.39, 0.29) is 18.0 Å². The van der Waals surface area contributed by atoms with Crippen LogP contribution in [0.2, 0.25) is 0 Å². The first-order valence-electron chi connectivity index (χ1n) is 7.76. The van der Waals surface area contributed by atoms with Crippen LogP contribution in [0.15, 0.2) is 17.3 Å². The summed E-state index contributed by atoms with van der Waals surface area (Å²) in [7, 11) is -2.58. The molecule has 1 saturated heterocycles. The maximum atomic E-state index is 13.3. The van der Waals surface area contributed by atoms with E-state index in [1.165, 1.54) is 22.9 Å². The van der Waals surface area contributed by atoms with Crippen LogP contribution in [0, 0.1) is 0 Å². The Hall–Kier alpha value is -1.21. The molecule has 1 aliphatic heterocycles. The highest BCUT2D eigenvalue weighted by Crippen LogP contribution is 2.25. The standard InChI is InChI=1S/C13H22F3N5O3S/c1-24-7-6-21-10-11(8-18-21)25(22,23)19-9-12(13(14,15)16)20-4-2-17-3-5-20/h8,10,12,17,19H,2-7,9H2,1H3. The predicted octanol–water partition coefficient (Wildman–Crippen LogP) is -0.356. The van der Waals surface area contributed by atoms with Gasteiger partial charge in [0.25, 0.3) is 0 Å². The van der Waals surface area contributed by atoms with Gasteiger partial charge in [-0.3, -0.25) is 9.58 Å². The third-order valence-electron chi connectivity index (χ3n) is 3.88. The summed E-state index contributed by atoms with van der Waals surface area (Å²) in [5.41, 5.74) is 0. The number of aromatic nitrogens is 2. The van der Waals surface area contributed by atoms with Crippen molar-refractivity contribution in [3.05, 3.63) is 12.4 Å². The molecule has 0 aliphatic carbocycles. The van der Waals surface area contributed by atoms with Gasteiger partial charge >= 0.3 is 6.18 Å². The van der Waals surface area contributed by atoms with Gasteiger partial charge in [0.05, 0.1) is 19.3 Å². The fourth-order valence-electron chi connectivity index (χ4n) is 2.51. The van der Waals surface area contributed by atoms with E-state index in [9.17, 15) is 21.6 Å². The van der Waals surface area contributed by atoms with Gasteiger partial charge < -0.3 is 10.1 Å². The SMILES string of the molecule is COCCn1cc(S(=O)(=O)NCC(N2CCNCC2)C(F)(F)F)cn1. The zero-order valence-corrected chi connectivity index (χ0v) is 14.6. The first kappa shape index (κ1) is 20.1. The van der Waals surface area contributed by atoms with E-state index in [2.05, 4.69) is 15.1 Å². The van der Waals surface area contributed by atoms with Gasteiger partial charge in [-0.15, -0.1) is 0 Å². The van der Waals surface area contributed by atoms with Gasteiger partial charge in [0.2, 0.25) is 10.0 Å². The zero-order valence-electron chi connectivity index (χ0n) is 13.8. The number of nitrogens with one attached hydrogen (secondary N) is 2. The summed E-state index contributed by atoms with van der Waals surface area (Å²) in [6, 6.07) is -1.87. The van der Waals surface area contributed by atoms with Crippen molar-refractivity contribution >= 4 is 10.0 Å². The van der Waals surface area contributed by atoms with E-state index >= 15 is 0 Å². The van der Waals surface area contributed by atoms with Crippen molar-refractivity contribution in [2.45, 2.75) is 23.7 Å². The second-order valence-electron chi connectivity index (χ2n) is 5.63. The summed E-state index contributed by atoms with van der Waals surface area (Å²) in [6.07, 6.45) is -2.16. The molecule has 12 heteroatoms. The lowest BCUT2D eigenvalue weighted by molar-refractivity contribution is -0.182. The second-order valence-corrected chi connectivity index (χ2v) is 7.39. The van der Waals surface area contributed by atoms with Gasteiger partial charge in [-0.25, -0.2) is 13.1 Å². The first-order valence-corrected chi connectivity index (χ1v) is 9.25. The summed E-state index contributed by atoms with van der Waals surface area (Å²) in [5, 5.41) is 6.83. The summed E-state index contributed by atoms with van der Waals surface area (Å²) in [5.74, 6) is 0. The predicted molar refractivity (Wildman–Crippen MR) is 83.6 cm³/mol. The van der Waals surface area contributed by atoms with Gasteiger partial charge in [-0.05, 0) is 0 Å². The van der Waals surface area contributed by atoms with Crippen LogP contribution in [0.1, 0.15) is 0 Å². The Bertz CT molecular complexity index is 644. The number of hydrogen-bond donors (Lipinski definition) is 2. The molecule has 0 spiro atoms. The molecule has 144 valence electrons. The monoisotopic (exact) mass is 385 g/mol. The summed E-state index contributed by atoms with van der Waals surface area (Å²) >= 11 is 0. The lowest BCUT2D eigenvalue weighted by Gasteiger charge is -2.35. The molecule has 25 heavy (non-hydrogen) atoms. The van der Waals surface area contributed by atoms with Crippen molar-refractivity contribution < 1.29 is 26.3 Å². The fraction of sp³-hybridized carbons (Fsp3) is 0.769. The third-order valence-corrected chi connectivity index (χ3v) is 5.26. The van der Waals surface area contributed by atoms with Crippen LogP contribution in [0.3, 0.4) is 0 Å². The van der Waals surface area contributed by atoms with E-state index in [0.717, 1.165) is 6.20 Å². The Balaban J connectivity index is 2.03. The molecule has 1 aromatic rings. The summed E-state index contributed by atoms with van der Waals surface area (Å²) in [4.78, 5) is 1.06. The van der Waals surface area contributed by atoms with E-state index in [4.69, 9.17) is 4.74 Å². The highest BCUT2D eigenvalue weighted by molar-refractivity contribution is 7.89. The summed E-state index contributed by atoms with van der Waals surface area (Å²) < 4.78 is 72.6. The molecule has 2 heterocycles. The molecular formula is C13H22F3N5O3S. The number of piperazine rings is 1. The average Bonchev–Trinajstić information content (AvgIpc) is 3.02. The number of sulfonamides is 1. The van der Waals surface area contributed by atoms with Crippen LogP contribution in [-0.2, 0) is 21.3 Å². The smallest absolute Gasteiger partial charge is 0.383 e. The number of nitrogens with zero attached hydrogens (tertiary/aromatic N) is 3. The van der Waals surface area contributed by atoms with E-state index < -0.39 is 28.8 Å². The van der Waals surface area contributed by atoms with Crippen LogP contribution >= 0.6 is 0 Å². The van der Waals surface area contributed by atoms with E-state index in [0.29, 0.717) is 26.2 Å². The Kier molecular flexibility index (Phi) is 6.79. The molecule has 0 amide bonds. The maximum absolute atomic E-state index is 13.3. The van der Waals surface area contributed by atoms with Crippen LogP contribution in [0.25, 0.3) is 0 Å². The Morgan fingerprint density at radius 3 is 2.68 bits per heavy atom. The normalized spacial score (nSPS) is 18.4. The van der Waals surface area contributed by atoms with Gasteiger partial charge in [-0.2, -0.15) is 18.3 Å². The highest BCUT2D eigenvalue weighted by atomic mass is 32.2. The van der Waals surface area contributed by atoms with Crippen molar-refractivity contribution in [3.8, 4) is 0 Å². The minimum absolute atomic E-state index is 0.176. The Labute approximate surface area is 144 Å². The van der Waals surface area contributed by atoms with Crippen LogP contribution < -0.4 is 10.0 Å². The van der Waals surface area contributed by atoms with Crippen molar-refractivity contribution in [3.63, 3.8) is 0 Å². The maximum Gasteiger partial charge on any atom is 0.405 e. The molecule has 0 radical (unpaired) electrons. The summed E-state index contributed by atoms with van der Waals surface area (Å²) in [6.45, 7) is 1.24. The van der Waals surface area contributed by atoms with Crippen LogP contribution in [-0.4, -0.2) is 81.8 Å². The molecule has 2 rings (SSSR count). The van der Waals surface area contributed by atoms with E-state index in [1.54, 1.807) is 0 Å². The molecule has 0 bridgehead atoms. The second kappa shape index (κ2) is 8.45. The minimum atomic E-state index is -4.53. The average molecular weight is 385 g/mol. The molecule has 1 aliphatic rings. The fourth-order valence-corrected chi connectivity index (χ4v) is 3.50. The molecule has 0 aromatic carbocycles. The molecular weight excluding hydrogens is 363 g/mol. The van der Waals surface area contributed by atoms with Gasteiger partial charge in [0.15, 0.2) is 0 Å². The molecule has 1 unspecified atom stereocenters. The Morgan fingerprint density at radius 2 is 2.08 bits per heavy atom. The number of halogens is 3. The topological polar surface area (TPSA) is 88.5 Å². The largest absolute Gasteiger partial charge is 0.405 e. The quantitative estimate of drug-likeness (QED) is 0.636. The lowest BCUT2D eigenvalue weighted by Crippen LogP contribution is -2.57. The third kappa shape index (κ3) is 5.64. The number of rotatable bonds is 8. The highest BCUT2D eigenvalue weighted by Gasteiger charge is 2.44. The molecule has 1 aromatic heterocycles. The van der Waals surface area contributed by atoms with Gasteiger partial charge in [0, 0.05) is 46.0 Å². The number of methoxy groups -OCH3 is 1. The van der Waals surface area contributed by atoms with Crippen LogP contribution in [0.4, 0.5) is 13.2 Å². The molecule has 1 atom stereocenters. The minimum Gasteiger partial charge on any atom is -0.383 e. The number of ether oxygens (including phenoxy) is 1. The molecule has 2 N–H and O–H groups in total. The molecule has 0 saturated carbocycles. The van der Waals surface area contributed by atoms with Crippen molar-refractivity contribution in [1.82, 2.24) is 24.7 Å². The van der Waals surface area contributed by atoms with Gasteiger partial charge in [0.1, 0.15) is 10.9 Å². The van der Waals surface area contributed by atoms with E-state index in [1.807, 2.05) is 0 Å². The van der Waals surface area contributed by atoms with Gasteiger partial charge in [-0.1, -0.05) is 0 Å².